The van der Waals surface area contributed by atoms with Gasteiger partial charge in [-0.2, -0.15) is 0 Å². The standard InChI is InChI=1S/C20H23NO2/c1-4-20(2,3)21-19(23)18(22)17(15-11-7-5-8-12-15)16-13-9-6-10-14-16/h5-14,17H,4H2,1-3H3,(H,21,23). The lowest BCUT2D eigenvalue weighted by atomic mass is 9.87. The highest BCUT2D eigenvalue weighted by molar-refractivity contribution is 6.39. The third-order valence-corrected chi connectivity index (χ3v) is 4.09. The first-order valence-corrected chi connectivity index (χ1v) is 7.91. The van der Waals surface area contributed by atoms with Gasteiger partial charge < -0.3 is 5.32 Å². The minimum absolute atomic E-state index is 0.398. The van der Waals surface area contributed by atoms with E-state index in [1.54, 1.807) is 0 Å². The maximum atomic E-state index is 12.8. The van der Waals surface area contributed by atoms with Crippen molar-refractivity contribution in [2.45, 2.75) is 38.6 Å². The summed E-state index contributed by atoms with van der Waals surface area (Å²) >= 11 is 0. The summed E-state index contributed by atoms with van der Waals surface area (Å²) in [6.07, 6.45) is 0.757. The van der Waals surface area contributed by atoms with Crippen LogP contribution in [-0.4, -0.2) is 17.2 Å². The van der Waals surface area contributed by atoms with E-state index in [0.29, 0.717) is 0 Å². The second-order valence-corrected chi connectivity index (χ2v) is 6.31. The number of benzene rings is 2. The van der Waals surface area contributed by atoms with Gasteiger partial charge in [-0.3, -0.25) is 9.59 Å². The molecule has 23 heavy (non-hydrogen) atoms. The van der Waals surface area contributed by atoms with Crippen LogP contribution in [0.2, 0.25) is 0 Å². The Balaban J connectivity index is 2.35. The Bertz CT molecular complexity index is 623. The summed E-state index contributed by atoms with van der Waals surface area (Å²) in [6.45, 7) is 5.81. The maximum Gasteiger partial charge on any atom is 0.288 e. The molecule has 2 rings (SSSR count). The molecule has 3 heteroatoms. The molecule has 2 aromatic rings. The molecule has 0 aromatic heterocycles. The predicted molar refractivity (Wildman–Crippen MR) is 92.2 cm³/mol. The van der Waals surface area contributed by atoms with E-state index < -0.39 is 23.1 Å². The molecule has 3 nitrogen and oxygen atoms in total. The van der Waals surface area contributed by atoms with Crippen LogP contribution in [0.25, 0.3) is 0 Å². The highest BCUT2D eigenvalue weighted by Gasteiger charge is 2.31. The Labute approximate surface area is 137 Å². The predicted octanol–water partition coefficient (Wildman–Crippen LogP) is 3.69. The molecule has 0 atom stereocenters. The average Bonchev–Trinajstić information content (AvgIpc) is 2.56. The van der Waals surface area contributed by atoms with Crippen molar-refractivity contribution in [2.75, 3.05) is 0 Å². The quantitative estimate of drug-likeness (QED) is 0.827. The summed E-state index contributed by atoms with van der Waals surface area (Å²) in [5.74, 6) is -1.54. The molecule has 0 aliphatic rings. The Morgan fingerprint density at radius 3 is 1.74 bits per heavy atom. The summed E-state index contributed by atoms with van der Waals surface area (Å²) in [4.78, 5) is 25.3. The van der Waals surface area contributed by atoms with Crippen LogP contribution in [0.3, 0.4) is 0 Å². The van der Waals surface area contributed by atoms with E-state index in [1.165, 1.54) is 0 Å². The van der Waals surface area contributed by atoms with Gasteiger partial charge in [0.2, 0.25) is 5.78 Å². The van der Waals surface area contributed by atoms with Gasteiger partial charge >= 0.3 is 0 Å². The Hall–Kier alpha value is -2.42. The monoisotopic (exact) mass is 309 g/mol. The molecule has 0 aliphatic heterocycles. The van der Waals surface area contributed by atoms with Crippen LogP contribution >= 0.6 is 0 Å². The molecule has 0 bridgehead atoms. The van der Waals surface area contributed by atoms with Crippen molar-refractivity contribution in [1.82, 2.24) is 5.32 Å². The number of amides is 1. The van der Waals surface area contributed by atoms with Crippen LogP contribution in [0.15, 0.2) is 60.7 Å². The molecule has 1 N–H and O–H groups in total. The molecule has 1 amide bonds. The number of hydrogen-bond acceptors (Lipinski definition) is 2. The van der Waals surface area contributed by atoms with E-state index in [4.69, 9.17) is 0 Å². The summed E-state index contributed by atoms with van der Waals surface area (Å²) in [5.41, 5.74) is 1.26. The van der Waals surface area contributed by atoms with E-state index in [1.807, 2.05) is 81.4 Å². The van der Waals surface area contributed by atoms with Crippen molar-refractivity contribution < 1.29 is 9.59 Å². The fraction of sp³-hybridized carbons (Fsp3) is 0.300. The van der Waals surface area contributed by atoms with E-state index in [0.717, 1.165) is 17.5 Å². The van der Waals surface area contributed by atoms with Gasteiger partial charge in [-0.1, -0.05) is 67.6 Å². The van der Waals surface area contributed by atoms with Gasteiger partial charge in [0.05, 0.1) is 5.92 Å². The van der Waals surface area contributed by atoms with Crippen molar-refractivity contribution in [2.24, 2.45) is 0 Å². The van der Waals surface area contributed by atoms with Crippen LogP contribution < -0.4 is 5.32 Å². The van der Waals surface area contributed by atoms with Gasteiger partial charge in [-0.15, -0.1) is 0 Å². The first-order chi connectivity index (χ1) is 10.9. The van der Waals surface area contributed by atoms with E-state index >= 15 is 0 Å². The van der Waals surface area contributed by atoms with Crippen molar-refractivity contribution in [1.29, 1.82) is 0 Å². The molecule has 0 fully saturated rings. The number of carbonyl (C=O) groups excluding carboxylic acids is 2. The molecular formula is C20H23NO2. The average molecular weight is 309 g/mol. The number of carbonyl (C=O) groups is 2. The van der Waals surface area contributed by atoms with E-state index in [9.17, 15) is 9.59 Å². The van der Waals surface area contributed by atoms with Crippen LogP contribution in [0.5, 0.6) is 0 Å². The minimum Gasteiger partial charge on any atom is -0.345 e. The van der Waals surface area contributed by atoms with E-state index in [2.05, 4.69) is 5.32 Å². The number of rotatable bonds is 6. The summed E-state index contributed by atoms with van der Waals surface area (Å²) in [7, 11) is 0. The zero-order valence-corrected chi connectivity index (χ0v) is 13.9. The zero-order valence-electron chi connectivity index (χ0n) is 13.9. The zero-order chi connectivity index (χ0) is 16.9. The molecular weight excluding hydrogens is 286 g/mol. The van der Waals surface area contributed by atoms with Gasteiger partial charge in [-0.25, -0.2) is 0 Å². The molecule has 0 aliphatic carbocycles. The van der Waals surface area contributed by atoms with Crippen LogP contribution in [0, 0.1) is 0 Å². The molecule has 0 saturated carbocycles. The van der Waals surface area contributed by atoms with Crippen LogP contribution in [0.4, 0.5) is 0 Å². The lowest BCUT2D eigenvalue weighted by molar-refractivity contribution is -0.139. The summed E-state index contributed by atoms with van der Waals surface area (Å²) in [6, 6.07) is 18.9. The molecule has 0 unspecified atom stereocenters. The third kappa shape index (κ3) is 4.28. The molecule has 0 radical (unpaired) electrons. The van der Waals surface area contributed by atoms with E-state index in [-0.39, 0.29) is 0 Å². The number of ketones is 1. The Morgan fingerprint density at radius 2 is 1.35 bits per heavy atom. The third-order valence-electron chi connectivity index (χ3n) is 4.09. The summed E-state index contributed by atoms with van der Waals surface area (Å²) < 4.78 is 0. The van der Waals surface area contributed by atoms with Gasteiger partial charge in [0.15, 0.2) is 0 Å². The molecule has 2 aromatic carbocycles. The first kappa shape index (κ1) is 16.9. The van der Waals surface area contributed by atoms with Gasteiger partial charge in [-0.05, 0) is 31.4 Å². The second-order valence-electron chi connectivity index (χ2n) is 6.31. The van der Waals surface area contributed by atoms with Gasteiger partial charge in [0, 0.05) is 5.54 Å². The smallest absolute Gasteiger partial charge is 0.288 e. The fourth-order valence-corrected chi connectivity index (χ4v) is 2.37. The van der Waals surface area contributed by atoms with Gasteiger partial charge in [0.1, 0.15) is 0 Å². The Kier molecular flexibility index (Phi) is 5.32. The van der Waals surface area contributed by atoms with Crippen molar-refractivity contribution in [3.8, 4) is 0 Å². The SMILES string of the molecule is CCC(C)(C)NC(=O)C(=O)C(c1ccccc1)c1ccccc1. The van der Waals surface area contributed by atoms with Crippen molar-refractivity contribution in [3.63, 3.8) is 0 Å². The van der Waals surface area contributed by atoms with Crippen LogP contribution in [-0.2, 0) is 9.59 Å². The lowest BCUT2D eigenvalue weighted by Crippen LogP contribution is -2.47. The van der Waals surface area contributed by atoms with Crippen molar-refractivity contribution >= 4 is 11.7 Å². The normalized spacial score (nSPS) is 11.3. The lowest BCUT2D eigenvalue weighted by Gasteiger charge is -2.25. The molecule has 0 spiro atoms. The second kappa shape index (κ2) is 7.23. The molecule has 0 saturated heterocycles. The topological polar surface area (TPSA) is 46.2 Å². The number of Topliss-reactive ketones (excluding diaryl/α,β-unsaturated/α-hetero) is 1. The fourth-order valence-electron chi connectivity index (χ4n) is 2.37. The highest BCUT2D eigenvalue weighted by atomic mass is 16.2. The van der Waals surface area contributed by atoms with Crippen molar-refractivity contribution in [3.05, 3.63) is 71.8 Å². The highest BCUT2D eigenvalue weighted by Crippen LogP contribution is 2.26. The number of nitrogens with one attached hydrogen (secondary N) is 1. The first-order valence-electron chi connectivity index (χ1n) is 7.91. The van der Waals surface area contributed by atoms with Crippen LogP contribution in [0.1, 0.15) is 44.2 Å². The number of hydrogen-bond donors (Lipinski definition) is 1. The molecule has 0 heterocycles. The van der Waals surface area contributed by atoms with Gasteiger partial charge in [0.25, 0.3) is 5.91 Å². The maximum absolute atomic E-state index is 12.8. The largest absolute Gasteiger partial charge is 0.345 e. The molecule has 120 valence electrons. The summed E-state index contributed by atoms with van der Waals surface area (Å²) in [5, 5.41) is 2.84. The Morgan fingerprint density at radius 1 is 0.913 bits per heavy atom. The minimum atomic E-state index is -0.579.